The largest absolute Gasteiger partial charge is 0.537 e. The molecule has 0 aliphatic rings. The Kier molecular flexibility index (Phi) is 12.4. The van der Waals surface area contributed by atoms with Crippen LogP contribution in [0.1, 0.15) is 83.1 Å². The van der Waals surface area contributed by atoms with E-state index in [1.54, 1.807) is 0 Å². The first kappa shape index (κ1) is 30.9. The fourth-order valence-corrected chi connectivity index (χ4v) is 10.6. The molecular weight excluding hydrogens is 520 g/mol. The molecule has 0 saturated carbocycles. The van der Waals surface area contributed by atoms with Crippen LogP contribution in [0.5, 0.6) is 0 Å². The maximum atomic E-state index is 6.48. The molecule has 33 heavy (non-hydrogen) atoms. The molecule has 9 heteroatoms. The number of hydrogen-bond donors (Lipinski definition) is 0. The second-order valence-electron chi connectivity index (χ2n) is 9.84. The third kappa shape index (κ3) is 9.81. The number of benzene rings is 1. The summed E-state index contributed by atoms with van der Waals surface area (Å²) in [6, 6.07) is 6.08. The van der Waals surface area contributed by atoms with Crippen molar-refractivity contribution in [3.8, 4) is 0 Å². The Morgan fingerprint density at radius 2 is 0.667 bits per heavy atom. The molecule has 6 nitrogen and oxygen atoms in total. The van der Waals surface area contributed by atoms with Gasteiger partial charge in [0.15, 0.2) is 0 Å². The molecule has 1 aromatic carbocycles. The first-order chi connectivity index (χ1) is 15.1. The van der Waals surface area contributed by atoms with Crippen LogP contribution in [0.2, 0.25) is 0 Å². The van der Waals surface area contributed by atoms with E-state index in [2.05, 4.69) is 15.9 Å². The van der Waals surface area contributed by atoms with E-state index in [0.29, 0.717) is 0 Å². The number of rotatable bonds is 14. The lowest BCUT2D eigenvalue weighted by Gasteiger charge is -2.37. The van der Waals surface area contributed by atoms with Gasteiger partial charge < -0.3 is 26.6 Å². The van der Waals surface area contributed by atoms with Crippen LogP contribution in [0.25, 0.3) is 0 Å². The average Bonchev–Trinajstić information content (AvgIpc) is 2.57. The van der Waals surface area contributed by atoms with Crippen molar-refractivity contribution < 1.29 is 26.6 Å². The van der Waals surface area contributed by atoms with Crippen LogP contribution in [0.3, 0.4) is 0 Å². The second kappa shape index (κ2) is 13.3. The highest BCUT2D eigenvalue weighted by Gasteiger charge is 2.51. The van der Waals surface area contributed by atoms with E-state index in [9.17, 15) is 0 Å². The van der Waals surface area contributed by atoms with Crippen molar-refractivity contribution in [1.29, 1.82) is 0 Å². The molecule has 192 valence electrons. The van der Waals surface area contributed by atoms with Gasteiger partial charge in [-0.1, -0.05) is 15.9 Å². The fourth-order valence-electron chi connectivity index (χ4n) is 3.38. The van der Waals surface area contributed by atoms with Crippen LogP contribution in [0, 0.1) is 0 Å². The Morgan fingerprint density at radius 3 is 0.848 bits per heavy atom. The predicted octanol–water partition coefficient (Wildman–Crippen LogP) is 5.29. The Labute approximate surface area is 212 Å². The van der Waals surface area contributed by atoms with Crippen LogP contribution in [-0.2, 0) is 26.6 Å². The predicted molar refractivity (Wildman–Crippen MR) is 142 cm³/mol. The molecule has 1 rings (SSSR count). The maximum Gasteiger partial charge on any atom is 0.537 e. The maximum absolute atomic E-state index is 6.48. The van der Waals surface area contributed by atoms with Gasteiger partial charge in [0.2, 0.25) is 0 Å². The summed E-state index contributed by atoms with van der Waals surface area (Å²) in [5.74, 6) is 0. The Hall–Kier alpha value is -0.106. The second-order valence-corrected chi connectivity index (χ2v) is 15.5. The summed E-state index contributed by atoms with van der Waals surface area (Å²) in [7, 11) is -6.59. The Bertz CT molecular complexity index is 616. The van der Waals surface area contributed by atoms with Gasteiger partial charge in [0, 0.05) is 51.5 Å². The fraction of sp³-hybridized carbons (Fsp3) is 0.750. The van der Waals surface area contributed by atoms with Crippen LogP contribution < -0.4 is 10.4 Å². The summed E-state index contributed by atoms with van der Waals surface area (Å²) in [5, 5.41) is 1.71. The summed E-state index contributed by atoms with van der Waals surface area (Å²) in [5.41, 5.74) is 0. The zero-order valence-electron chi connectivity index (χ0n) is 22.5. The van der Waals surface area contributed by atoms with Gasteiger partial charge in [-0.15, -0.1) is 0 Å². The standard InChI is InChI=1S/C24H45BrO6Si2/c1-16(2)26-32(27-17(3)4,28-18(5)6)23-13-22(25)14-24(15-23)33(29-19(7)8,30-20(9)10)31-21(11)12/h13-21H,1-12H3. The van der Waals surface area contributed by atoms with Crippen molar-refractivity contribution in [3.63, 3.8) is 0 Å². The van der Waals surface area contributed by atoms with Gasteiger partial charge in [-0.2, -0.15) is 0 Å². The highest BCUT2D eigenvalue weighted by molar-refractivity contribution is 9.10. The quantitative estimate of drug-likeness (QED) is 0.286. The van der Waals surface area contributed by atoms with E-state index in [0.717, 1.165) is 14.8 Å². The van der Waals surface area contributed by atoms with Crippen molar-refractivity contribution in [1.82, 2.24) is 0 Å². The summed E-state index contributed by atoms with van der Waals surface area (Å²) in [4.78, 5) is 0. The highest BCUT2D eigenvalue weighted by atomic mass is 79.9. The van der Waals surface area contributed by atoms with Gasteiger partial charge in [-0.25, -0.2) is 0 Å². The van der Waals surface area contributed by atoms with Crippen LogP contribution in [-0.4, -0.2) is 54.2 Å². The van der Waals surface area contributed by atoms with Crippen molar-refractivity contribution in [2.24, 2.45) is 0 Å². The zero-order chi connectivity index (χ0) is 25.6. The molecule has 0 aromatic heterocycles. The van der Waals surface area contributed by atoms with Crippen LogP contribution in [0.15, 0.2) is 22.7 Å². The lowest BCUT2D eigenvalue weighted by atomic mass is 10.4. The normalized spacial score (nSPS) is 13.5. The van der Waals surface area contributed by atoms with Crippen molar-refractivity contribution in [2.75, 3.05) is 0 Å². The van der Waals surface area contributed by atoms with Crippen molar-refractivity contribution >= 4 is 43.9 Å². The zero-order valence-corrected chi connectivity index (χ0v) is 26.1. The summed E-state index contributed by atoms with van der Waals surface area (Å²) >= 11 is 3.71. The van der Waals surface area contributed by atoms with Crippen molar-refractivity contribution in [3.05, 3.63) is 22.7 Å². The first-order valence-electron chi connectivity index (χ1n) is 12.0. The SMILES string of the molecule is CC(C)O[Si](OC(C)C)(OC(C)C)c1cc(Br)cc([Si](OC(C)C)(OC(C)C)OC(C)C)c1. The van der Waals surface area contributed by atoms with E-state index in [1.807, 2.05) is 101 Å². The molecule has 0 heterocycles. The molecule has 0 aliphatic heterocycles. The van der Waals surface area contributed by atoms with Gasteiger partial charge in [-0.05, 0) is 101 Å². The summed E-state index contributed by atoms with van der Waals surface area (Å²) < 4.78 is 39.7. The molecule has 0 unspecified atom stereocenters. The number of hydrogen-bond acceptors (Lipinski definition) is 6. The first-order valence-corrected chi connectivity index (χ1v) is 16.2. The molecule has 0 N–H and O–H groups in total. The smallest absolute Gasteiger partial charge is 0.367 e. The molecule has 1 aromatic rings. The van der Waals surface area contributed by atoms with Gasteiger partial charge in [-0.3, -0.25) is 0 Å². The monoisotopic (exact) mass is 564 g/mol. The lowest BCUT2D eigenvalue weighted by Crippen LogP contribution is -2.64. The van der Waals surface area contributed by atoms with E-state index in [4.69, 9.17) is 26.6 Å². The van der Waals surface area contributed by atoms with E-state index in [-0.39, 0.29) is 36.6 Å². The molecular formula is C24H45BrO6Si2. The summed E-state index contributed by atoms with van der Waals surface area (Å²) in [6.07, 6.45) is -0.476. The third-order valence-corrected chi connectivity index (χ3v) is 11.1. The topological polar surface area (TPSA) is 55.4 Å². The van der Waals surface area contributed by atoms with Crippen molar-refractivity contribution in [2.45, 2.75) is 120 Å². The Balaban J connectivity index is 3.85. The Morgan fingerprint density at radius 1 is 0.455 bits per heavy atom. The van der Waals surface area contributed by atoms with E-state index in [1.165, 1.54) is 0 Å². The van der Waals surface area contributed by atoms with Gasteiger partial charge in [0.05, 0.1) is 0 Å². The van der Waals surface area contributed by atoms with Crippen LogP contribution in [0.4, 0.5) is 0 Å². The molecule has 0 spiro atoms. The highest BCUT2D eigenvalue weighted by Crippen LogP contribution is 2.23. The third-order valence-electron chi connectivity index (χ3n) is 3.95. The minimum absolute atomic E-state index is 0.0793. The molecule has 0 fully saturated rings. The van der Waals surface area contributed by atoms with E-state index >= 15 is 0 Å². The number of halogens is 1. The van der Waals surface area contributed by atoms with Gasteiger partial charge in [0.1, 0.15) is 0 Å². The van der Waals surface area contributed by atoms with Gasteiger partial charge in [0.25, 0.3) is 0 Å². The summed E-state index contributed by atoms with van der Waals surface area (Å²) in [6.45, 7) is 24.0. The molecule has 0 bridgehead atoms. The average molecular weight is 566 g/mol. The molecule has 0 saturated heterocycles. The minimum atomic E-state index is -3.30. The molecule has 0 radical (unpaired) electrons. The van der Waals surface area contributed by atoms with Gasteiger partial charge >= 0.3 is 17.6 Å². The molecule has 0 atom stereocenters. The van der Waals surface area contributed by atoms with E-state index < -0.39 is 17.6 Å². The molecule has 0 amide bonds. The molecule has 0 aliphatic carbocycles. The minimum Gasteiger partial charge on any atom is -0.367 e. The van der Waals surface area contributed by atoms with Crippen LogP contribution >= 0.6 is 15.9 Å². The lowest BCUT2D eigenvalue weighted by molar-refractivity contribution is 0.0153.